The number of hydrogen-bond donors (Lipinski definition) is 2. The maximum atomic E-state index is 11.4. The Labute approximate surface area is 86.1 Å². The first kappa shape index (κ1) is 9.57. The van der Waals surface area contributed by atoms with Crippen molar-refractivity contribution in [2.75, 3.05) is 0 Å². The predicted octanol–water partition coefficient (Wildman–Crippen LogP) is -0.352. The number of nitrogens with one attached hydrogen (secondary N) is 2. The van der Waals surface area contributed by atoms with E-state index in [0.717, 1.165) is 12.8 Å². The van der Waals surface area contributed by atoms with Crippen molar-refractivity contribution < 1.29 is 9.59 Å². The van der Waals surface area contributed by atoms with Crippen molar-refractivity contribution in [3.8, 4) is 0 Å². The Hall–Kier alpha value is -1.98. The Morgan fingerprint density at radius 1 is 1.33 bits per heavy atom. The van der Waals surface area contributed by atoms with Crippen molar-refractivity contribution in [1.29, 1.82) is 0 Å². The van der Waals surface area contributed by atoms with Gasteiger partial charge in [-0.3, -0.25) is 20.4 Å². The summed E-state index contributed by atoms with van der Waals surface area (Å²) in [6.45, 7) is 0. The molecule has 2 amide bonds. The van der Waals surface area contributed by atoms with Gasteiger partial charge in [-0.25, -0.2) is 9.97 Å². The summed E-state index contributed by atoms with van der Waals surface area (Å²) in [4.78, 5) is 30.0. The van der Waals surface area contributed by atoms with Crippen LogP contribution in [0.1, 0.15) is 23.3 Å². The molecule has 2 N–H and O–H groups in total. The van der Waals surface area contributed by atoms with E-state index in [2.05, 4.69) is 20.8 Å². The fraction of sp³-hybridized carbons (Fsp3) is 0.333. The summed E-state index contributed by atoms with van der Waals surface area (Å²) in [5, 5.41) is 0. The van der Waals surface area contributed by atoms with Gasteiger partial charge in [0, 0.05) is 12.1 Å². The van der Waals surface area contributed by atoms with Crippen LogP contribution in [0.2, 0.25) is 0 Å². The molecule has 1 aromatic rings. The maximum Gasteiger partial charge on any atom is 0.288 e. The minimum Gasteiger partial charge on any atom is -0.273 e. The Bertz CT molecular complexity index is 375. The van der Waals surface area contributed by atoms with Crippen molar-refractivity contribution in [1.82, 2.24) is 20.8 Å². The molecule has 0 radical (unpaired) electrons. The van der Waals surface area contributed by atoms with E-state index in [1.165, 1.54) is 18.6 Å². The van der Waals surface area contributed by atoms with Gasteiger partial charge in [-0.2, -0.15) is 0 Å². The summed E-state index contributed by atoms with van der Waals surface area (Å²) < 4.78 is 0. The van der Waals surface area contributed by atoms with E-state index in [0.29, 0.717) is 0 Å². The molecule has 0 aromatic carbocycles. The molecule has 15 heavy (non-hydrogen) atoms. The van der Waals surface area contributed by atoms with Crippen LogP contribution in [0.25, 0.3) is 0 Å². The van der Waals surface area contributed by atoms with Crippen LogP contribution >= 0.6 is 0 Å². The molecular formula is C9H10N4O2. The lowest BCUT2D eigenvalue weighted by atomic mass is 10.4. The molecule has 1 aromatic heterocycles. The highest BCUT2D eigenvalue weighted by atomic mass is 16.2. The molecule has 0 unspecified atom stereocenters. The molecular weight excluding hydrogens is 196 g/mol. The second kappa shape index (κ2) is 4.04. The normalized spacial score (nSPS) is 14.4. The number of nitrogens with zero attached hydrogens (tertiary/aromatic N) is 2. The number of aromatic nitrogens is 2. The van der Waals surface area contributed by atoms with Crippen LogP contribution in [0, 0.1) is 5.92 Å². The summed E-state index contributed by atoms with van der Waals surface area (Å²) in [6.07, 6.45) is 4.53. The van der Waals surface area contributed by atoms with E-state index in [1.807, 2.05) is 0 Å². The first-order chi connectivity index (χ1) is 7.27. The molecule has 0 atom stereocenters. The minimum atomic E-state index is -0.439. The summed E-state index contributed by atoms with van der Waals surface area (Å²) in [6, 6.07) is 1.47. The standard InChI is InChI=1S/C9H10N4O2/c14-8(6-1-2-6)12-13-9(15)7-3-4-10-5-11-7/h3-6H,1-2H2,(H,12,14)(H,13,15). The van der Waals surface area contributed by atoms with Crippen molar-refractivity contribution in [2.45, 2.75) is 12.8 Å². The van der Waals surface area contributed by atoms with Crippen LogP contribution in [0.15, 0.2) is 18.6 Å². The molecule has 6 nitrogen and oxygen atoms in total. The van der Waals surface area contributed by atoms with Gasteiger partial charge < -0.3 is 0 Å². The van der Waals surface area contributed by atoms with E-state index in [1.54, 1.807) is 0 Å². The molecule has 1 aliphatic rings. The van der Waals surface area contributed by atoms with Crippen molar-refractivity contribution in [2.24, 2.45) is 5.92 Å². The average Bonchev–Trinajstić information content (AvgIpc) is 3.10. The summed E-state index contributed by atoms with van der Waals surface area (Å²) in [5.41, 5.74) is 4.86. The van der Waals surface area contributed by atoms with E-state index < -0.39 is 5.91 Å². The number of hydrogen-bond acceptors (Lipinski definition) is 4. The zero-order valence-electron chi connectivity index (χ0n) is 7.93. The van der Waals surface area contributed by atoms with E-state index in [4.69, 9.17) is 0 Å². The Kier molecular flexibility index (Phi) is 2.57. The highest BCUT2D eigenvalue weighted by Gasteiger charge is 2.29. The molecule has 1 heterocycles. The number of carbonyl (C=O) groups excluding carboxylic acids is 2. The molecule has 0 saturated heterocycles. The largest absolute Gasteiger partial charge is 0.288 e. The van der Waals surface area contributed by atoms with E-state index in [9.17, 15) is 9.59 Å². The lowest BCUT2D eigenvalue weighted by Gasteiger charge is -2.05. The van der Waals surface area contributed by atoms with Crippen LogP contribution in [-0.4, -0.2) is 21.8 Å². The lowest BCUT2D eigenvalue weighted by molar-refractivity contribution is -0.123. The van der Waals surface area contributed by atoms with Gasteiger partial charge in [-0.15, -0.1) is 0 Å². The van der Waals surface area contributed by atoms with Gasteiger partial charge in [0.15, 0.2) is 0 Å². The first-order valence-electron chi connectivity index (χ1n) is 4.63. The number of hydrazine groups is 1. The van der Waals surface area contributed by atoms with Gasteiger partial charge >= 0.3 is 0 Å². The van der Waals surface area contributed by atoms with Crippen LogP contribution in [-0.2, 0) is 4.79 Å². The van der Waals surface area contributed by atoms with Crippen LogP contribution < -0.4 is 10.9 Å². The quantitative estimate of drug-likeness (QED) is 0.648. The third kappa shape index (κ3) is 2.49. The highest BCUT2D eigenvalue weighted by Crippen LogP contribution is 2.28. The van der Waals surface area contributed by atoms with Crippen molar-refractivity contribution >= 4 is 11.8 Å². The molecule has 1 saturated carbocycles. The zero-order chi connectivity index (χ0) is 10.7. The average molecular weight is 206 g/mol. The second-order valence-electron chi connectivity index (χ2n) is 3.31. The van der Waals surface area contributed by atoms with Crippen LogP contribution in [0.4, 0.5) is 0 Å². The van der Waals surface area contributed by atoms with Crippen LogP contribution in [0.5, 0.6) is 0 Å². The van der Waals surface area contributed by atoms with Gasteiger partial charge in [0.05, 0.1) is 0 Å². The molecule has 0 spiro atoms. The lowest BCUT2D eigenvalue weighted by Crippen LogP contribution is -2.42. The maximum absolute atomic E-state index is 11.4. The predicted molar refractivity (Wildman–Crippen MR) is 50.4 cm³/mol. The van der Waals surface area contributed by atoms with Crippen LogP contribution in [0.3, 0.4) is 0 Å². The van der Waals surface area contributed by atoms with Gasteiger partial charge in [0.25, 0.3) is 5.91 Å². The molecule has 78 valence electrons. The fourth-order valence-corrected chi connectivity index (χ4v) is 1.05. The molecule has 0 bridgehead atoms. The first-order valence-corrected chi connectivity index (χ1v) is 4.63. The van der Waals surface area contributed by atoms with E-state index in [-0.39, 0.29) is 17.5 Å². The topological polar surface area (TPSA) is 84.0 Å². The Morgan fingerprint density at radius 2 is 2.13 bits per heavy atom. The Morgan fingerprint density at radius 3 is 2.73 bits per heavy atom. The summed E-state index contributed by atoms with van der Waals surface area (Å²) in [5.74, 6) is -0.514. The smallest absolute Gasteiger partial charge is 0.273 e. The third-order valence-electron chi connectivity index (χ3n) is 2.06. The summed E-state index contributed by atoms with van der Waals surface area (Å²) in [7, 11) is 0. The Balaban J connectivity index is 1.84. The van der Waals surface area contributed by atoms with Gasteiger partial charge in [0.2, 0.25) is 5.91 Å². The van der Waals surface area contributed by atoms with Gasteiger partial charge in [-0.05, 0) is 18.9 Å². The third-order valence-corrected chi connectivity index (χ3v) is 2.06. The summed E-state index contributed by atoms with van der Waals surface area (Å²) >= 11 is 0. The molecule has 6 heteroatoms. The SMILES string of the molecule is O=C(NNC(=O)C1CC1)c1ccncn1. The number of rotatable bonds is 2. The fourth-order valence-electron chi connectivity index (χ4n) is 1.05. The number of amides is 2. The van der Waals surface area contributed by atoms with Gasteiger partial charge in [-0.1, -0.05) is 0 Å². The minimum absolute atomic E-state index is 0.0655. The number of carbonyl (C=O) groups is 2. The van der Waals surface area contributed by atoms with Crippen molar-refractivity contribution in [3.05, 3.63) is 24.3 Å². The van der Waals surface area contributed by atoms with E-state index >= 15 is 0 Å². The monoisotopic (exact) mass is 206 g/mol. The molecule has 1 fully saturated rings. The van der Waals surface area contributed by atoms with Gasteiger partial charge in [0.1, 0.15) is 12.0 Å². The molecule has 0 aliphatic heterocycles. The second-order valence-corrected chi connectivity index (χ2v) is 3.31. The highest BCUT2D eigenvalue weighted by molar-refractivity contribution is 5.93. The van der Waals surface area contributed by atoms with Crippen molar-refractivity contribution in [3.63, 3.8) is 0 Å². The molecule has 1 aliphatic carbocycles. The zero-order valence-corrected chi connectivity index (χ0v) is 7.93. The molecule has 2 rings (SSSR count).